The molecule has 0 unspecified atom stereocenters. The second-order valence-electron chi connectivity index (χ2n) is 6.89. The number of benzene rings is 2. The van der Waals surface area contributed by atoms with Crippen LogP contribution in [0.1, 0.15) is 23.1 Å². The summed E-state index contributed by atoms with van der Waals surface area (Å²) in [6, 6.07) is 8.19. The van der Waals surface area contributed by atoms with Gasteiger partial charge in [-0.05, 0) is 50.1 Å². The van der Waals surface area contributed by atoms with Gasteiger partial charge in [-0.25, -0.2) is 8.42 Å². The zero-order valence-electron chi connectivity index (χ0n) is 16.0. The van der Waals surface area contributed by atoms with Gasteiger partial charge in [0.05, 0.1) is 16.3 Å². The van der Waals surface area contributed by atoms with Crippen LogP contribution in [-0.4, -0.2) is 32.6 Å². The molecule has 2 amide bonds. The Morgan fingerprint density at radius 3 is 2.50 bits per heavy atom. The molecule has 0 saturated heterocycles. The molecule has 0 radical (unpaired) electrons. The highest BCUT2D eigenvalue weighted by molar-refractivity contribution is 7.91. The Kier molecular flexibility index (Phi) is 5.42. The smallest absolute Gasteiger partial charge is 0.262 e. The quantitative estimate of drug-likeness (QED) is 0.801. The van der Waals surface area contributed by atoms with Crippen LogP contribution in [0.2, 0.25) is 0 Å². The second-order valence-corrected chi connectivity index (χ2v) is 8.99. The Bertz CT molecular complexity index is 1040. The van der Waals surface area contributed by atoms with Crippen LogP contribution in [0, 0.1) is 20.8 Å². The van der Waals surface area contributed by atoms with Gasteiger partial charge in [0.2, 0.25) is 5.91 Å². The monoisotopic (exact) mass is 402 g/mol. The van der Waals surface area contributed by atoms with Gasteiger partial charge in [-0.3, -0.25) is 9.59 Å². The van der Waals surface area contributed by atoms with Crippen LogP contribution in [0.15, 0.2) is 35.2 Å². The summed E-state index contributed by atoms with van der Waals surface area (Å²) in [5, 5.41) is 5.38. The normalized spacial score (nSPS) is 13.3. The van der Waals surface area contributed by atoms with Crippen molar-refractivity contribution in [3.63, 3.8) is 0 Å². The van der Waals surface area contributed by atoms with Gasteiger partial charge in [-0.1, -0.05) is 17.7 Å². The summed E-state index contributed by atoms with van der Waals surface area (Å²) in [6.07, 6.45) is -0.172. The molecule has 0 aromatic heterocycles. The van der Waals surface area contributed by atoms with Crippen LogP contribution >= 0.6 is 0 Å². The highest BCUT2D eigenvalue weighted by Gasteiger charge is 2.22. The minimum Gasteiger partial charge on any atom is -0.482 e. The van der Waals surface area contributed by atoms with Gasteiger partial charge in [0.1, 0.15) is 5.75 Å². The number of carbonyl (C=O) groups is 2. The number of amides is 2. The summed E-state index contributed by atoms with van der Waals surface area (Å²) in [5.41, 5.74) is 3.98. The molecule has 0 spiro atoms. The van der Waals surface area contributed by atoms with Crippen LogP contribution in [0.4, 0.5) is 11.4 Å². The number of ether oxygens (including phenoxy) is 1. The topological polar surface area (TPSA) is 102 Å². The van der Waals surface area contributed by atoms with Crippen LogP contribution < -0.4 is 15.4 Å². The van der Waals surface area contributed by atoms with E-state index in [4.69, 9.17) is 4.74 Å². The van der Waals surface area contributed by atoms with Crippen molar-refractivity contribution in [2.75, 3.05) is 23.0 Å². The molecule has 1 heterocycles. The van der Waals surface area contributed by atoms with E-state index < -0.39 is 9.84 Å². The number of nitrogens with one attached hydrogen (secondary N) is 2. The Balaban J connectivity index is 1.69. The first-order chi connectivity index (χ1) is 13.2. The molecule has 8 heteroatoms. The average Bonchev–Trinajstić information content (AvgIpc) is 2.62. The standard InChI is InChI=1S/C20H22N2O5S/c1-12-8-13(2)20(14(3)9-12)22-18(23)6-7-28(25,26)15-4-5-17-16(10-15)21-19(24)11-27-17/h4-5,8-10H,6-7,11H2,1-3H3,(H,21,24)(H,22,23). The molecule has 0 fully saturated rings. The lowest BCUT2D eigenvalue weighted by Gasteiger charge is -2.18. The SMILES string of the molecule is Cc1cc(C)c(NC(=O)CCS(=O)(=O)c2ccc3c(c2)NC(=O)CO3)c(C)c1. The van der Waals surface area contributed by atoms with Crippen LogP contribution in [0.25, 0.3) is 0 Å². The zero-order valence-corrected chi connectivity index (χ0v) is 16.8. The number of fused-ring (bicyclic) bond motifs is 1. The van der Waals surface area contributed by atoms with Crippen LogP contribution in [0.5, 0.6) is 5.75 Å². The first-order valence-corrected chi connectivity index (χ1v) is 10.5. The largest absolute Gasteiger partial charge is 0.482 e. The predicted octanol–water partition coefficient (Wildman–Crippen LogP) is 2.75. The number of sulfone groups is 1. The number of rotatable bonds is 5. The van der Waals surface area contributed by atoms with E-state index in [0.717, 1.165) is 16.7 Å². The van der Waals surface area contributed by atoms with Crippen molar-refractivity contribution in [2.45, 2.75) is 32.1 Å². The molecule has 148 valence electrons. The first-order valence-electron chi connectivity index (χ1n) is 8.83. The van der Waals surface area contributed by atoms with Crippen LogP contribution in [-0.2, 0) is 19.4 Å². The lowest BCUT2D eigenvalue weighted by atomic mass is 10.1. The molecule has 1 aliphatic heterocycles. The summed E-state index contributed by atoms with van der Waals surface area (Å²) in [7, 11) is -3.69. The third-order valence-electron chi connectivity index (χ3n) is 4.48. The third-order valence-corrected chi connectivity index (χ3v) is 6.20. The fourth-order valence-corrected chi connectivity index (χ4v) is 4.44. The molecule has 2 aromatic rings. The van der Waals surface area contributed by atoms with Gasteiger partial charge in [0, 0.05) is 12.1 Å². The number of carbonyl (C=O) groups excluding carboxylic acids is 2. The van der Waals surface area contributed by atoms with E-state index in [1.54, 1.807) is 0 Å². The first kappa shape index (κ1) is 19.9. The van der Waals surface area contributed by atoms with E-state index in [-0.39, 0.29) is 35.5 Å². The maximum Gasteiger partial charge on any atom is 0.262 e. The van der Waals surface area contributed by atoms with Gasteiger partial charge in [0.15, 0.2) is 16.4 Å². The molecule has 0 bridgehead atoms. The molecule has 2 N–H and O–H groups in total. The van der Waals surface area contributed by atoms with E-state index >= 15 is 0 Å². The van der Waals surface area contributed by atoms with Crippen molar-refractivity contribution in [3.05, 3.63) is 47.0 Å². The second kappa shape index (κ2) is 7.63. The maximum atomic E-state index is 12.6. The molecule has 1 aliphatic rings. The molecular formula is C20H22N2O5S. The van der Waals surface area contributed by atoms with Crippen molar-refractivity contribution in [2.24, 2.45) is 0 Å². The third kappa shape index (κ3) is 4.33. The van der Waals surface area contributed by atoms with E-state index in [1.165, 1.54) is 18.2 Å². The van der Waals surface area contributed by atoms with E-state index in [9.17, 15) is 18.0 Å². The predicted molar refractivity (Wildman–Crippen MR) is 107 cm³/mol. The van der Waals surface area contributed by atoms with Crippen molar-refractivity contribution < 1.29 is 22.7 Å². The fourth-order valence-electron chi connectivity index (χ4n) is 3.18. The number of anilines is 2. The van der Waals surface area contributed by atoms with Gasteiger partial charge in [-0.15, -0.1) is 0 Å². The van der Waals surface area contributed by atoms with Crippen molar-refractivity contribution in [3.8, 4) is 5.75 Å². The number of hydrogen-bond donors (Lipinski definition) is 2. The van der Waals surface area contributed by atoms with Crippen molar-refractivity contribution >= 4 is 33.0 Å². The van der Waals surface area contributed by atoms with E-state index in [2.05, 4.69) is 10.6 Å². The summed E-state index contributed by atoms with van der Waals surface area (Å²) in [6.45, 7) is 5.67. The average molecular weight is 402 g/mol. The minimum atomic E-state index is -3.69. The molecule has 0 saturated carbocycles. The van der Waals surface area contributed by atoms with Crippen LogP contribution in [0.3, 0.4) is 0 Å². The van der Waals surface area contributed by atoms with Gasteiger partial charge >= 0.3 is 0 Å². The summed E-state index contributed by atoms with van der Waals surface area (Å²) in [5.74, 6) is -0.628. The van der Waals surface area contributed by atoms with E-state index in [1.807, 2.05) is 32.9 Å². The minimum absolute atomic E-state index is 0.0348. The fraction of sp³-hybridized carbons (Fsp3) is 0.300. The van der Waals surface area contributed by atoms with Gasteiger partial charge in [0.25, 0.3) is 5.91 Å². The molecule has 3 rings (SSSR count). The molecule has 0 aliphatic carbocycles. The van der Waals surface area contributed by atoms with Gasteiger partial charge in [-0.2, -0.15) is 0 Å². The zero-order chi connectivity index (χ0) is 20.5. The number of aryl methyl sites for hydroxylation is 3. The molecule has 28 heavy (non-hydrogen) atoms. The van der Waals surface area contributed by atoms with Gasteiger partial charge < -0.3 is 15.4 Å². The number of hydrogen-bond acceptors (Lipinski definition) is 5. The summed E-state index contributed by atoms with van der Waals surface area (Å²) in [4.78, 5) is 23.8. The molecule has 0 atom stereocenters. The molecule has 2 aromatic carbocycles. The molecule has 7 nitrogen and oxygen atoms in total. The summed E-state index contributed by atoms with van der Waals surface area (Å²) >= 11 is 0. The highest BCUT2D eigenvalue weighted by Crippen LogP contribution is 2.30. The Labute approximate surface area is 164 Å². The highest BCUT2D eigenvalue weighted by atomic mass is 32.2. The molecular weight excluding hydrogens is 380 g/mol. The lowest BCUT2D eigenvalue weighted by Crippen LogP contribution is -2.25. The van der Waals surface area contributed by atoms with E-state index in [0.29, 0.717) is 17.1 Å². The lowest BCUT2D eigenvalue weighted by molar-refractivity contribution is -0.118. The Hall–Kier alpha value is -2.87. The maximum absolute atomic E-state index is 12.6. The Morgan fingerprint density at radius 2 is 1.82 bits per heavy atom. The Morgan fingerprint density at radius 1 is 1.14 bits per heavy atom. The summed E-state index contributed by atoms with van der Waals surface area (Å²) < 4.78 is 30.4. The van der Waals surface area contributed by atoms with Crippen molar-refractivity contribution in [1.82, 2.24) is 0 Å². The van der Waals surface area contributed by atoms with Crippen molar-refractivity contribution in [1.29, 1.82) is 0 Å².